The van der Waals surface area contributed by atoms with Crippen molar-refractivity contribution in [3.05, 3.63) is 23.9 Å². The molecule has 4 heteroatoms. The smallest absolute Gasteiger partial charge is 0.139 e. The second-order valence-corrected chi connectivity index (χ2v) is 6.34. The van der Waals surface area contributed by atoms with E-state index in [0.29, 0.717) is 5.82 Å². The second kappa shape index (κ2) is 8.93. The van der Waals surface area contributed by atoms with Crippen molar-refractivity contribution < 1.29 is 0 Å². The fraction of sp³-hybridized carbons (Fsp3) is 0.688. The Morgan fingerprint density at radius 3 is 2.10 bits per heavy atom. The van der Waals surface area contributed by atoms with Crippen LogP contribution in [0.3, 0.4) is 0 Å². The number of rotatable bonds is 9. The van der Waals surface area contributed by atoms with Gasteiger partial charge in [0, 0.05) is 12.7 Å². The summed E-state index contributed by atoms with van der Waals surface area (Å²) in [7, 11) is 0. The third-order valence-electron chi connectivity index (χ3n) is 3.42. The van der Waals surface area contributed by atoms with Crippen LogP contribution in [-0.2, 0) is 6.54 Å². The number of nitrogens with zero attached hydrogens (tertiary/aromatic N) is 2. The van der Waals surface area contributed by atoms with Gasteiger partial charge in [-0.25, -0.2) is 10.8 Å². The average Bonchev–Trinajstić information content (AvgIpc) is 2.42. The number of nitrogens with two attached hydrogens (primary N) is 1. The van der Waals surface area contributed by atoms with Gasteiger partial charge in [-0.2, -0.15) is 0 Å². The van der Waals surface area contributed by atoms with Gasteiger partial charge in [0.2, 0.25) is 0 Å². The summed E-state index contributed by atoms with van der Waals surface area (Å²) in [5.41, 5.74) is 3.81. The van der Waals surface area contributed by atoms with Gasteiger partial charge in [0.1, 0.15) is 5.82 Å². The van der Waals surface area contributed by atoms with Crippen LogP contribution < -0.4 is 11.3 Å². The Bertz CT molecular complexity index is 347. The summed E-state index contributed by atoms with van der Waals surface area (Å²) in [6.45, 7) is 12.4. The van der Waals surface area contributed by atoms with Crippen LogP contribution in [0.2, 0.25) is 0 Å². The van der Waals surface area contributed by atoms with Crippen molar-refractivity contribution in [2.24, 2.45) is 17.7 Å². The van der Waals surface area contributed by atoms with Crippen molar-refractivity contribution in [2.75, 3.05) is 18.5 Å². The SMILES string of the molecule is CC(C)CCN(CCC(C)C)Cc1ccc(NN)nc1. The lowest BCUT2D eigenvalue weighted by Gasteiger charge is -2.24. The van der Waals surface area contributed by atoms with E-state index in [-0.39, 0.29) is 0 Å². The van der Waals surface area contributed by atoms with E-state index in [9.17, 15) is 0 Å². The van der Waals surface area contributed by atoms with Crippen LogP contribution in [0, 0.1) is 11.8 Å². The number of hydrogen-bond donors (Lipinski definition) is 2. The number of hydrogen-bond acceptors (Lipinski definition) is 4. The maximum absolute atomic E-state index is 5.34. The molecule has 0 bridgehead atoms. The molecular formula is C16H30N4. The molecule has 1 aromatic rings. The van der Waals surface area contributed by atoms with Gasteiger partial charge in [0.25, 0.3) is 0 Å². The van der Waals surface area contributed by atoms with Crippen LogP contribution in [-0.4, -0.2) is 23.0 Å². The molecule has 1 heterocycles. The molecule has 4 nitrogen and oxygen atoms in total. The lowest BCUT2D eigenvalue weighted by atomic mass is 10.1. The van der Waals surface area contributed by atoms with Gasteiger partial charge in [0.15, 0.2) is 0 Å². The van der Waals surface area contributed by atoms with Crippen LogP contribution in [0.4, 0.5) is 5.82 Å². The molecule has 1 rings (SSSR count). The third kappa shape index (κ3) is 6.87. The van der Waals surface area contributed by atoms with Crippen molar-refractivity contribution >= 4 is 5.82 Å². The standard InChI is InChI=1S/C16H30N4/c1-13(2)7-9-20(10-8-14(3)4)12-15-5-6-16(19-17)18-11-15/h5-6,11,13-14H,7-10,12,17H2,1-4H3,(H,18,19). The summed E-state index contributed by atoms with van der Waals surface area (Å²) >= 11 is 0. The first-order chi connectivity index (χ1) is 9.51. The van der Waals surface area contributed by atoms with Gasteiger partial charge < -0.3 is 5.43 Å². The maximum atomic E-state index is 5.34. The molecule has 0 unspecified atom stereocenters. The first kappa shape index (κ1) is 16.9. The van der Waals surface area contributed by atoms with Crippen molar-refractivity contribution in [3.8, 4) is 0 Å². The van der Waals surface area contributed by atoms with E-state index >= 15 is 0 Å². The Morgan fingerprint density at radius 2 is 1.70 bits per heavy atom. The van der Waals surface area contributed by atoms with Gasteiger partial charge in [-0.3, -0.25) is 4.90 Å². The predicted octanol–water partition coefficient (Wildman–Crippen LogP) is 3.26. The molecule has 3 N–H and O–H groups in total. The quantitative estimate of drug-likeness (QED) is 0.538. The zero-order valence-electron chi connectivity index (χ0n) is 13.4. The highest BCUT2D eigenvalue weighted by Gasteiger charge is 2.08. The Kier molecular flexibility index (Phi) is 7.55. The summed E-state index contributed by atoms with van der Waals surface area (Å²) in [6.07, 6.45) is 4.40. The minimum Gasteiger partial charge on any atom is -0.308 e. The Balaban J connectivity index is 2.56. The summed E-state index contributed by atoms with van der Waals surface area (Å²) in [5, 5.41) is 0. The fourth-order valence-electron chi connectivity index (χ4n) is 2.01. The Hall–Kier alpha value is -1.13. The summed E-state index contributed by atoms with van der Waals surface area (Å²) in [4.78, 5) is 6.81. The predicted molar refractivity (Wildman–Crippen MR) is 86.2 cm³/mol. The molecule has 0 fully saturated rings. The van der Waals surface area contributed by atoms with Gasteiger partial charge in [-0.1, -0.05) is 33.8 Å². The molecule has 0 amide bonds. The summed E-state index contributed by atoms with van der Waals surface area (Å²) in [6, 6.07) is 4.03. The highest BCUT2D eigenvalue weighted by Crippen LogP contribution is 2.11. The van der Waals surface area contributed by atoms with Crippen LogP contribution in [0.15, 0.2) is 18.3 Å². The van der Waals surface area contributed by atoms with Crippen molar-refractivity contribution in [2.45, 2.75) is 47.1 Å². The lowest BCUT2D eigenvalue weighted by Crippen LogP contribution is -2.27. The largest absolute Gasteiger partial charge is 0.308 e. The zero-order valence-corrected chi connectivity index (χ0v) is 13.4. The minimum atomic E-state index is 0.713. The highest BCUT2D eigenvalue weighted by atomic mass is 15.2. The molecule has 0 aliphatic carbocycles. The first-order valence-electron chi connectivity index (χ1n) is 7.65. The van der Waals surface area contributed by atoms with E-state index in [0.717, 1.165) is 31.5 Å². The zero-order chi connectivity index (χ0) is 15.0. The number of nitrogen functional groups attached to an aromatic ring is 1. The molecule has 0 atom stereocenters. The van der Waals surface area contributed by atoms with E-state index in [1.54, 1.807) is 0 Å². The highest BCUT2D eigenvalue weighted by molar-refractivity contribution is 5.33. The first-order valence-corrected chi connectivity index (χ1v) is 7.65. The third-order valence-corrected chi connectivity index (χ3v) is 3.42. The number of pyridine rings is 1. The number of hydrazine groups is 1. The second-order valence-electron chi connectivity index (χ2n) is 6.34. The topological polar surface area (TPSA) is 54.2 Å². The van der Waals surface area contributed by atoms with Crippen LogP contribution >= 0.6 is 0 Å². The molecule has 20 heavy (non-hydrogen) atoms. The van der Waals surface area contributed by atoms with Gasteiger partial charge in [-0.05, 0) is 49.4 Å². The van der Waals surface area contributed by atoms with Gasteiger partial charge in [0.05, 0.1) is 0 Å². The Labute approximate surface area is 123 Å². The van der Waals surface area contributed by atoms with Gasteiger partial charge in [-0.15, -0.1) is 0 Å². The number of anilines is 1. The van der Waals surface area contributed by atoms with E-state index in [4.69, 9.17) is 5.84 Å². The molecular weight excluding hydrogens is 248 g/mol. The molecule has 0 aliphatic heterocycles. The molecule has 0 saturated heterocycles. The number of nitrogens with one attached hydrogen (secondary N) is 1. The molecule has 0 aromatic carbocycles. The monoisotopic (exact) mass is 278 g/mol. The van der Waals surface area contributed by atoms with Crippen molar-refractivity contribution in [1.29, 1.82) is 0 Å². The normalized spacial score (nSPS) is 11.6. The molecule has 114 valence electrons. The Morgan fingerprint density at radius 1 is 1.10 bits per heavy atom. The molecule has 0 radical (unpaired) electrons. The summed E-state index contributed by atoms with van der Waals surface area (Å²) < 4.78 is 0. The van der Waals surface area contributed by atoms with E-state index < -0.39 is 0 Å². The molecule has 0 saturated carbocycles. The summed E-state index contributed by atoms with van der Waals surface area (Å²) in [5.74, 6) is 7.55. The lowest BCUT2D eigenvalue weighted by molar-refractivity contribution is 0.235. The van der Waals surface area contributed by atoms with E-state index in [2.05, 4.69) is 49.1 Å². The number of aromatic nitrogens is 1. The average molecular weight is 278 g/mol. The molecule has 1 aromatic heterocycles. The van der Waals surface area contributed by atoms with Crippen LogP contribution in [0.5, 0.6) is 0 Å². The molecule has 0 spiro atoms. The maximum Gasteiger partial charge on any atom is 0.139 e. The fourth-order valence-corrected chi connectivity index (χ4v) is 2.01. The van der Waals surface area contributed by atoms with Crippen molar-refractivity contribution in [3.63, 3.8) is 0 Å². The van der Waals surface area contributed by atoms with Crippen LogP contribution in [0.1, 0.15) is 46.1 Å². The van der Waals surface area contributed by atoms with Gasteiger partial charge >= 0.3 is 0 Å². The van der Waals surface area contributed by atoms with E-state index in [1.807, 2.05) is 12.3 Å². The van der Waals surface area contributed by atoms with E-state index in [1.165, 1.54) is 18.4 Å². The van der Waals surface area contributed by atoms with Crippen molar-refractivity contribution in [1.82, 2.24) is 9.88 Å². The minimum absolute atomic E-state index is 0.713. The van der Waals surface area contributed by atoms with Crippen LogP contribution in [0.25, 0.3) is 0 Å². The molecule has 0 aliphatic rings.